The Hall–Kier alpha value is -1.48. The zero-order chi connectivity index (χ0) is 14.0. The van der Waals surface area contributed by atoms with Crippen LogP contribution >= 0.6 is 11.6 Å². The number of carbonyl (C=O) groups is 1. The Kier molecular flexibility index (Phi) is 4.15. The zero-order valence-electron chi connectivity index (χ0n) is 11.4. The number of hydrogen-bond donors (Lipinski definition) is 1. The molecule has 1 heterocycles. The molecule has 2 rings (SSSR count). The van der Waals surface area contributed by atoms with E-state index in [0.717, 1.165) is 11.8 Å². The Balaban J connectivity index is 2.13. The second-order valence-corrected chi connectivity index (χ2v) is 5.73. The predicted molar refractivity (Wildman–Crippen MR) is 77.6 cm³/mol. The molecule has 19 heavy (non-hydrogen) atoms. The summed E-state index contributed by atoms with van der Waals surface area (Å²) in [4.78, 5) is 12.1. The summed E-state index contributed by atoms with van der Waals surface area (Å²) in [5, 5.41) is 4.41. The molecule has 0 saturated carbocycles. The quantitative estimate of drug-likeness (QED) is 0.909. The lowest BCUT2D eigenvalue weighted by molar-refractivity contribution is 0.0910. The van der Waals surface area contributed by atoms with Gasteiger partial charge in [0.05, 0.1) is 0 Å². The van der Waals surface area contributed by atoms with Crippen LogP contribution in [-0.4, -0.2) is 11.9 Å². The summed E-state index contributed by atoms with van der Waals surface area (Å²) >= 11 is 5.91. The highest BCUT2D eigenvalue weighted by atomic mass is 35.5. The lowest BCUT2D eigenvalue weighted by atomic mass is 10.1. The van der Waals surface area contributed by atoms with Crippen molar-refractivity contribution < 1.29 is 9.21 Å². The van der Waals surface area contributed by atoms with E-state index in [0.29, 0.717) is 22.3 Å². The Labute approximate surface area is 117 Å². The number of amides is 1. The molecule has 1 N–H and O–H groups in total. The standard InChI is InChI=1S/C15H18ClNO2/c1-9(2)6-10(3)17-15(18)14-8-11-7-12(16)4-5-13(11)19-14/h4-5,7-10H,6H2,1-3H3,(H,17,18). The minimum Gasteiger partial charge on any atom is -0.451 e. The molecule has 1 aromatic carbocycles. The average molecular weight is 280 g/mol. The number of furan rings is 1. The molecule has 0 bridgehead atoms. The third-order valence-corrected chi connectivity index (χ3v) is 3.14. The number of hydrogen-bond acceptors (Lipinski definition) is 2. The van der Waals surface area contributed by atoms with Crippen LogP contribution in [0.1, 0.15) is 37.7 Å². The molecule has 0 radical (unpaired) electrons. The summed E-state index contributed by atoms with van der Waals surface area (Å²) in [5.41, 5.74) is 0.672. The molecule has 1 amide bonds. The molecule has 0 fully saturated rings. The Morgan fingerprint density at radius 2 is 2.05 bits per heavy atom. The fourth-order valence-electron chi connectivity index (χ4n) is 2.19. The van der Waals surface area contributed by atoms with Crippen molar-refractivity contribution in [2.75, 3.05) is 0 Å². The molecule has 1 unspecified atom stereocenters. The first-order valence-electron chi connectivity index (χ1n) is 6.45. The van der Waals surface area contributed by atoms with E-state index < -0.39 is 0 Å². The van der Waals surface area contributed by atoms with Crippen LogP contribution in [0, 0.1) is 5.92 Å². The van der Waals surface area contributed by atoms with Crippen LogP contribution in [-0.2, 0) is 0 Å². The van der Waals surface area contributed by atoms with E-state index in [4.69, 9.17) is 16.0 Å². The zero-order valence-corrected chi connectivity index (χ0v) is 12.1. The van der Waals surface area contributed by atoms with Gasteiger partial charge in [-0.2, -0.15) is 0 Å². The number of nitrogens with one attached hydrogen (secondary N) is 1. The molecule has 4 heteroatoms. The van der Waals surface area contributed by atoms with Crippen molar-refractivity contribution >= 4 is 28.5 Å². The van der Waals surface area contributed by atoms with E-state index in [2.05, 4.69) is 19.2 Å². The van der Waals surface area contributed by atoms with Gasteiger partial charge in [-0.25, -0.2) is 0 Å². The van der Waals surface area contributed by atoms with Gasteiger partial charge in [-0.1, -0.05) is 25.4 Å². The maximum Gasteiger partial charge on any atom is 0.287 e. The van der Waals surface area contributed by atoms with E-state index >= 15 is 0 Å². The Morgan fingerprint density at radius 3 is 2.74 bits per heavy atom. The second-order valence-electron chi connectivity index (χ2n) is 5.30. The number of rotatable bonds is 4. The van der Waals surface area contributed by atoms with Crippen LogP contribution in [0.2, 0.25) is 5.02 Å². The van der Waals surface area contributed by atoms with Crippen LogP contribution in [0.5, 0.6) is 0 Å². The predicted octanol–water partition coefficient (Wildman–Crippen LogP) is 4.25. The highest BCUT2D eigenvalue weighted by molar-refractivity contribution is 6.31. The van der Waals surface area contributed by atoms with Crippen molar-refractivity contribution in [1.29, 1.82) is 0 Å². The number of halogens is 1. The van der Waals surface area contributed by atoms with Gasteiger partial charge in [-0.15, -0.1) is 0 Å². The lowest BCUT2D eigenvalue weighted by Crippen LogP contribution is -2.33. The highest BCUT2D eigenvalue weighted by Crippen LogP contribution is 2.23. The molecular formula is C15H18ClNO2. The number of carbonyl (C=O) groups excluding carboxylic acids is 1. The summed E-state index contributed by atoms with van der Waals surface area (Å²) < 4.78 is 5.52. The first kappa shape index (κ1) is 13.9. The topological polar surface area (TPSA) is 42.2 Å². The van der Waals surface area contributed by atoms with Crippen LogP contribution in [0.15, 0.2) is 28.7 Å². The number of fused-ring (bicyclic) bond motifs is 1. The fourth-order valence-corrected chi connectivity index (χ4v) is 2.37. The van der Waals surface area contributed by atoms with Gasteiger partial charge in [0, 0.05) is 16.5 Å². The second kappa shape index (κ2) is 5.66. The van der Waals surface area contributed by atoms with E-state index in [1.807, 2.05) is 6.92 Å². The molecular weight excluding hydrogens is 262 g/mol. The van der Waals surface area contributed by atoms with Crippen molar-refractivity contribution in [3.63, 3.8) is 0 Å². The summed E-state index contributed by atoms with van der Waals surface area (Å²) in [5.74, 6) is 0.693. The van der Waals surface area contributed by atoms with Crippen molar-refractivity contribution in [2.45, 2.75) is 33.2 Å². The highest BCUT2D eigenvalue weighted by Gasteiger charge is 2.15. The molecule has 0 aliphatic heterocycles. The summed E-state index contributed by atoms with van der Waals surface area (Å²) in [7, 11) is 0. The van der Waals surface area contributed by atoms with Gasteiger partial charge in [0.2, 0.25) is 0 Å². The van der Waals surface area contributed by atoms with Crippen molar-refractivity contribution in [2.24, 2.45) is 5.92 Å². The monoisotopic (exact) mass is 279 g/mol. The molecule has 3 nitrogen and oxygen atoms in total. The first-order chi connectivity index (χ1) is 8.95. The Bertz CT molecular complexity index is 589. The minimum absolute atomic E-state index is 0.129. The molecule has 1 atom stereocenters. The van der Waals surface area contributed by atoms with E-state index in [-0.39, 0.29) is 11.9 Å². The van der Waals surface area contributed by atoms with Gasteiger partial charge in [-0.05, 0) is 43.5 Å². The fraction of sp³-hybridized carbons (Fsp3) is 0.400. The normalized spacial score (nSPS) is 12.9. The third-order valence-electron chi connectivity index (χ3n) is 2.90. The van der Waals surface area contributed by atoms with Crippen LogP contribution < -0.4 is 5.32 Å². The molecule has 102 valence electrons. The molecule has 0 saturated heterocycles. The summed E-state index contributed by atoms with van der Waals surface area (Å²) in [6.45, 7) is 6.26. The average Bonchev–Trinajstić information content (AvgIpc) is 2.70. The molecule has 2 aromatic rings. The summed E-state index contributed by atoms with van der Waals surface area (Å²) in [6, 6.07) is 7.15. The van der Waals surface area contributed by atoms with Crippen LogP contribution in [0.4, 0.5) is 0 Å². The molecule has 0 spiro atoms. The maximum absolute atomic E-state index is 12.1. The van der Waals surface area contributed by atoms with Crippen molar-refractivity contribution in [1.82, 2.24) is 5.32 Å². The van der Waals surface area contributed by atoms with Crippen molar-refractivity contribution in [3.05, 3.63) is 35.0 Å². The first-order valence-corrected chi connectivity index (χ1v) is 6.83. The molecule has 1 aromatic heterocycles. The SMILES string of the molecule is CC(C)CC(C)NC(=O)c1cc2cc(Cl)ccc2o1. The summed E-state index contributed by atoms with van der Waals surface area (Å²) in [6.07, 6.45) is 0.942. The van der Waals surface area contributed by atoms with E-state index in [1.165, 1.54) is 0 Å². The Morgan fingerprint density at radius 1 is 1.32 bits per heavy atom. The van der Waals surface area contributed by atoms with Crippen LogP contribution in [0.25, 0.3) is 11.0 Å². The minimum atomic E-state index is -0.180. The lowest BCUT2D eigenvalue weighted by Gasteiger charge is -2.14. The van der Waals surface area contributed by atoms with Crippen LogP contribution in [0.3, 0.4) is 0 Å². The van der Waals surface area contributed by atoms with E-state index in [1.54, 1.807) is 24.3 Å². The van der Waals surface area contributed by atoms with Gasteiger partial charge in [0.1, 0.15) is 5.58 Å². The van der Waals surface area contributed by atoms with E-state index in [9.17, 15) is 4.79 Å². The maximum atomic E-state index is 12.1. The molecule has 0 aliphatic carbocycles. The van der Waals surface area contributed by atoms with Gasteiger partial charge in [-0.3, -0.25) is 4.79 Å². The van der Waals surface area contributed by atoms with Gasteiger partial charge >= 0.3 is 0 Å². The van der Waals surface area contributed by atoms with Gasteiger partial charge in [0.15, 0.2) is 5.76 Å². The molecule has 0 aliphatic rings. The third kappa shape index (κ3) is 3.51. The smallest absolute Gasteiger partial charge is 0.287 e. The van der Waals surface area contributed by atoms with Gasteiger partial charge < -0.3 is 9.73 Å². The van der Waals surface area contributed by atoms with Crippen molar-refractivity contribution in [3.8, 4) is 0 Å². The van der Waals surface area contributed by atoms with Gasteiger partial charge in [0.25, 0.3) is 5.91 Å². The largest absolute Gasteiger partial charge is 0.451 e. The number of benzene rings is 1.